The van der Waals surface area contributed by atoms with Crippen LogP contribution in [0, 0.1) is 6.92 Å². The van der Waals surface area contributed by atoms with Crippen molar-refractivity contribution >= 4 is 17.1 Å². The summed E-state index contributed by atoms with van der Waals surface area (Å²) >= 11 is 0. The lowest BCUT2D eigenvalue weighted by atomic mass is 10.2. The van der Waals surface area contributed by atoms with E-state index >= 15 is 0 Å². The van der Waals surface area contributed by atoms with Crippen molar-refractivity contribution in [1.82, 2.24) is 0 Å². The van der Waals surface area contributed by atoms with Gasteiger partial charge in [-0.05, 0) is 6.07 Å². The summed E-state index contributed by atoms with van der Waals surface area (Å²) in [5, 5.41) is 8.77. The molecule has 0 saturated carbocycles. The first kappa shape index (κ1) is 8.74. The van der Waals surface area contributed by atoms with Gasteiger partial charge in [0.1, 0.15) is 7.05 Å². The molecule has 0 spiro atoms. The Balaban J connectivity index is 2.73. The lowest BCUT2D eigenvalue weighted by molar-refractivity contribution is -0.657. The second kappa shape index (κ2) is 2.83. The van der Waals surface area contributed by atoms with Crippen molar-refractivity contribution < 1.29 is 18.9 Å². The van der Waals surface area contributed by atoms with Gasteiger partial charge in [0.15, 0.2) is 0 Å². The van der Waals surface area contributed by atoms with E-state index in [0.29, 0.717) is 5.58 Å². The first-order valence-corrected chi connectivity index (χ1v) is 4.22. The van der Waals surface area contributed by atoms with Crippen LogP contribution in [0.15, 0.2) is 22.6 Å². The highest BCUT2D eigenvalue weighted by Crippen LogP contribution is 2.14. The number of hydrogen-bond donors (Lipinski definition) is 1. The molecule has 0 radical (unpaired) electrons. The molecule has 0 amide bonds. The Kier molecular flexibility index (Phi) is 1.77. The molecule has 0 bridgehead atoms. The summed E-state index contributed by atoms with van der Waals surface area (Å²) in [6.45, 7) is 1.83. The third kappa shape index (κ3) is 1.16. The van der Waals surface area contributed by atoms with E-state index < -0.39 is 5.97 Å². The van der Waals surface area contributed by atoms with E-state index in [9.17, 15) is 4.79 Å². The molecule has 1 heterocycles. The molecule has 0 aliphatic heterocycles. The van der Waals surface area contributed by atoms with Crippen LogP contribution in [0.3, 0.4) is 0 Å². The molecule has 2 aromatic rings. The second-order valence-electron chi connectivity index (χ2n) is 3.17. The second-order valence-corrected chi connectivity index (χ2v) is 3.17. The van der Waals surface area contributed by atoms with E-state index in [1.165, 1.54) is 6.07 Å². The molecule has 0 aliphatic rings. The number of carboxylic acids is 1. The molecule has 0 fully saturated rings. The maximum atomic E-state index is 10.7. The topological polar surface area (TPSA) is 54.3 Å². The minimum atomic E-state index is -0.941. The average Bonchev–Trinajstić information content (AvgIpc) is 2.42. The maximum Gasteiger partial charge on any atom is 0.344 e. The van der Waals surface area contributed by atoms with Crippen LogP contribution in [0.5, 0.6) is 0 Å². The van der Waals surface area contributed by atoms with E-state index in [1.54, 1.807) is 12.1 Å². The highest BCUT2D eigenvalue weighted by Gasteiger charge is 2.16. The fourth-order valence-electron chi connectivity index (χ4n) is 1.40. The minimum absolute atomic E-state index is 0.242. The van der Waals surface area contributed by atoms with Crippen LogP contribution in [0.25, 0.3) is 11.1 Å². The van der Waals surface area contributed by atoms with Gasteiger partial charge in [0.05, 0.1) is 12.5 Å². The average molecular weight is 192 g/mol. The minimum Gasteiger partial charge on any atom is -0.478 e. The quantitative estimate of drug-likeness (QED) is 0.692. The van der Waals surface area contributed by atoms with E-state index in [1.807, 2.05) is 18.5 Å². The molecular weight excluding hydrogens is 182 g/mol. The van der Waals surface area contributed by atoms with Gasteiger partial charge >= 0.3 is 11.9 Å². The van der Waals surface area contributed by atoms with Crippen molar-refractivity contribution in [2.24, 2.45) is 7.05 Å². The number of aromatic nitrogens is 1. The van der Waals surface area contributed by atoms with E-state index in [4.69, 9.17) is 9.52 Å². The normalized spacial score (nSPS) is 10.7. The Morgan fingerprint density at radius 3 is 2.86 bits per heavy atom. The van der Waals surface area contributed by atoms with Crippen LogP contribution in [-0.4, -0.2) is 11.1 Å². The van der Waals surface area contributed by atoms with E-state index in [0.717, 1.165) is 11.4 Å². The fourth-order valence-corrected chi connectivity index (χ4v) is 1.40. The molecule has 0 unspecified atom stereocenters. The first-order valence-electron chi connectivity index (χ1n) is 4.22. The summed E-state index contributed by atoms with van der Waals surface area (Å²) in [6, 6.07) is 4.85. The Morgan fingerprint density at radius 2 is 2.21 bits per heavy atom. The standard InChI is InChI=1S/C10H9NO3/c1-6-11(2)8-4-3-7(10(12)13)5-9(8)14-6/h3-5H,1-2H3/p+1. The van der Waals surface area contributed by atoms with Crippen molar-refractivity contribution in [3.8, 4) is 0 Å². The van der Waals surface area contributed by atoms with Crippen LogP contribution in [0.4, 0.5) is 0 Å². The number of oxazole rings is 1. The molecule has 0 aliphatic carbocycles. The highest BCUT2D eigenvalue weighted by molar-refractivity contribution is 5.91. The molecule has 1 aromatic heterocycles. The zero-order valence-corrected chi connectivity index (χ0v) is 7.94. The molecule has 2 rings (SSSR count). The van der Waals surface area contributed by atoms with Gasteiger partial charge in [-0.3, -0.25) is 0 Å². The third-order valence-electron chi connectivity index (χ3n) is 2.30. The third-order valence-corrected chi connectivity index (χ3v) is 2.30. The molecule has 14 heavy (non-hydrogen) atoms. The smallest absolute Gasteiger partial charge is 0.344 e. The Hall–Kier alpha value is -1.84. The Morgan fingerprint density at radius 1 is 1.50 bits per heavy atom. The predicted molar refractivity (Wildman–Crippen MR) is 49.1 cm³/mol. The summed E-state index contributed by atoms with van der Waals surface area (Å²) in [5.41, 5.74) is 1.74. The van der Waals surface area contributed by atoms with Crippen LogP contribution in [0.2, 0.25) is 0 Å². The molecule has 4 heteroatoms. The molecule has 0 atom stereocenters. The Bertz CT molecular complexity index is 513. The number of nitrogens with zero attached hydrogens (tertiary/aromatic N) is 1. The zero-order valence-electron chi connectivity index (χ0n) is 7.94. The largest absolute Gasteiger partial charge is 0.478 e. The van der Waals surface area contributed by atoms with Crippen LogP contribution >= 0.6 is 0 Å². The first-order chi connectivity index (χ1) is 6.59. The van der Waals surface area contributed by atoms with Crippen LogP contribution in [-0.2, 0) is 7.05 Å². The summed E-state index contributed by atoms with van der Waals surface area (Å²) in [5.74, 6) is -0.189. The molecule has 1 aromatic carbocycles. The number of carboxylic acid groups (broad SMARTS) is 1. The summed E-state index contributed by atoms with van der Waals surface area (Å²) < 4.78 is 7.27. The van der Waals surface area contributed by atoms with Gasteiger partial charge in [0.25, 0.3) is 5.52 Å². The summed E-state index contributed by atoms with van der Waals surface area (Å²) in [7, 11) is 1.88. The van der Waals surface area contributed by atoms with Crippen molar-refractivity contribution in [2.45, 2.75) is 6.92 Å². The molecular formula is C10H10NO3+. The van der Waals surface area contributed by atoms with Gasteiger partial charge in [-0.25, -0.2) is 4.79 Å². The number of aromatic carboxylic acids is 1. The lowest BCUT2D eigenvalue weighted by Crippen LogP contribution is -2.28. The van der Waals surface area contributed by atoms with E-state index in [-0.39, 0.29) is 5.56 Å². The Labute approximate surface area is 80.4 Å². The van der Waals surface area contributed by atoms with Crippen LogP contribution < -0.4 is 4.57 Å². The number of aryl methyl sites for hydroxylation is 2. The molecule has 4 nitrogen and oxygen atoms in total. The number of carbonyl (C=O) groups is 1. The number of fused-ring (bicyclic) bond motifs is 1. The van der Waals surface area contributed by atoms with Crippen molar-refractivity contribution in [2.75, 3.05) is 0 Å². The van der Waals surface area contributed by atoms with Crippen molar-refractivity contribution in [3.63, 3.8) is 0 Å². The van der Waals surface area contributed by atoms with E-state index in [2.05, 4.69) is 0 Å². The van der Waals surface area contributed by atoms with Gasteiger partial charge in [0.2, 0.25) is 5.58 Å². The fraction of sp³-hybridized carbons (Fsp3) is 0.200. The van der Waals surface area contributed by atoms with Gasteiger partial charge in [-0.2, -0.15) is 4.57 Å². The molecule has 72 valence electrons. The number of rotatable bonds is 1. The highest BCUT2D eigenvalue weighted by atomic mass is 16.4. The van der Waals surface area contributed by atoms with Crippen molar-refractivity contribution in [1.29, 1.82) is 0 Å². The van der Waals surface area contributed by atoms with Gasteiger partial charge in [0, 0.05) is 12.1 Å². The zero-order chi connectivity index (χ0) is 10.3. The predicted octanol–water partition coefficient (Wildman–Crippen LogP) is 1.26. The van der Waals surface area contributed by atoms with Gasteiger partial charge in [-0.15, -0.1) is 0 Å². The summed E-state index contributed by atoms with van der Waals surface area (Å²) in [4.78, 5) is 10.7. The lowest BCUT2D eigenvalue weighted by Gasteiger charge is -1.89. The number of hydrogen-bond acceptors (Lipinski definition) is 2. The SMILES string of the molecule is Cc1oc2cc(C(=O)O)ccc2[n+]1C. The maximum absolute atomic E-state index is 10.7. The monoisotopic (exact) mass is 192 g/mol. The molecule has 0 saturated heterocycles. The van der Waals surface area contributed by atoms with Crippen molar-refractivity contribution in [3.05, 3.63) is 29.7 Å². The number of benzene rings is 1. The van der Waals surface area contributed by atoms with Gasteiger partial charge in [-0.1, -0.05) is 0 Å². The molecule has 1 N–H and O–H groups in total. The van der Waals surface area contributed by atoms with Gasteiger partial charge < -0.3 is 9.52 Å². The van der Waals surface area contributed by atoms with Crippen LogP contribution in [0.1, 0.15) is 16.2 Å². The summed E-state index contributed by atoms with van der Waals surface area (Å²) in [6.07, 6.45) is 0.